The predicted molar refractivity (Wildman–Crippen MR) is 71.0 cm³/mol. The van der Waals surface area contributed by atoms with E-state index in [1.807, 2.05) is 11.8 Å². The van der Waals surface area contributed by atoms with Gasteiger partial charge >= 0.3 is 0 Å². The molecule has 1 saturated heterocycles. The van der Waals surface area contributed by atoms with Gasteiger partial charge in [0.2, 0.25) is 5.91 Å². The van der Waals surface area contributed by atoms with Crippen molar-refractivity contribution in [1.82, 2.24) is 4.90 Å². The molecule has 3 unspecified atom stereocenters. The largest absolute Gasteiger partial charge is 0.390 e. The molecule has 4 heteroatoms. The molecule has 2 fully saturated rings. The number of hydrogen-bond acceptors (Lipinski definition) is 3. The Labute approximate surface area is 110 Å². The SMILES string of the molecule is CC1(O)CCCN(C(=O)C2CCCC(N)C2)CC1. The molecular weight excluding hydrogens is 228 g/mol. The third-order valence-corrected chi connectivity index (χ3v) is 4.44. The van der Waals surface area contributed by atoms with Crippen LogP contribution in [0.25, 0.3) is 0 Å². The fourth-order valence-corrected chi connectivity index (χ4v) is 3.19. The highest BCUT2D eigenvalue weighted by Crippen LogP contribution is 2.27. The lowest BCUT2D eigenvalue weighted by atomic mass is 9.85. The van der Waals surface area contributed by atoms with Crippen molar-refractivity contribution < 1.29 is 9.90 Å². The van der Waals surface area contributed by atoms with Crippen LogP contribution in [-0.4, -0.2) is 40.6 Å². The van der Waals surface area contributed by atoms with Crippen molar-refractivity contribution in [1.29, 1.82) is 0 Å². The molecule has 1 heterocycles. The molecule has 0 aromatic rings. The van der Waals surface area contributed by atoms with E-state index in [1.54, 1.807) is 0 Å². The van der Waals surface area contributed by atoms with Gasteiger partial charge in [-0.25, -0.2) is 0 Å². The molecule has 3 atom stereocenters. The fraction of sp³-hybridized carbons (Fsp3) is 0.929. The van der Waals surface area contributed by atoms with Crippen LogP contribution in [0.4, 0.5) is 0 Å². The minimum absolute atomic E-state index is 0.122. The molecule has 0 aromatic heterocycles. The quantitative estimate of drug-likeness (QED) is 0.740. The lowest BCUT2D eigenvalue weighted by Crippen LogP contribution is -2.41. The first-order valence-corrected chi connectivity index (χ1v) is 7.25. The maximum absolute atomic E-state index is 12.5. The summed E-state index contributed by atoms with van der Waals surface area (Å²) >= 11 is 0. The number of carbonyl (C=O) groups is 1. The average molecular weight is 254 g/mol. The molecule has 2 rings (SSSR count). The zero-order chi connectivity index (χ0) is 13.2. The summed E-state index contributed by atoms with van der Waals surface area (Å²) in [5.41, 5.74) is 5.36. The molecule has 18 heavy (non-hydrogen) atoms. The molecule has 2 aliphatic rings. The topological polar surface area (TPSA) is 66.6 Å². The lowest BCUT2D eigenvalue weighted by Gasteiger charge is -2.31. The van der Waals surface area contributed by atoms with Crippen molar-refractivity contribution in [2.45, 2.75) is 63.5 Å². The van der Waals surface area contributed by atoms with E-state index < -0.39 is 5.60 Å². The van der Waals surface area contributed by atoms with E-state index in [1.165, 1.54) is 0 Å². The Morgan fingerprint density at radius 1 is 1.28 bits per heavy atom. The monoisotopic (exact) mass is 254 g/mol. The highest BCUT2D eigenvalue weighted by atomic mass is 16.3. The number of likely N-dealkylation sites (tertiary alicyclic amines) is 1. The zero-order valence-electron chi connectivity index (χ0n) is 11.4. The van der Waals surface area contributed by atoms with Gasteiger partial charge in [-0.15, -0.1) is 0 Å². The van der Waals surface area contributed by atoms with Crippen LogP contribution >= 0.6 is 0 Å². The minimum atomic E-state index is -0.599. The number of carbonyl (C=O) groups excluding carboxylic acids is 1. The van der Waals surface area contributed by atoms with Gasteiger partial charge in [0.15, 0.2) is 0 Å². The van der Waals surface area contributed by atoms with Gasteiger partial charge in [-0.3, -0.25) is 4.79 Å². The third kappa shape index (κ3) is 3.45. The van der Waals surface area contributed by atoms with Gasteiger partial charge in [-0.1, -0.05) is 6.42 Å². The van der Waals surface area contributed by atoms with Crippen molar-refractivity contribution >= 4 is 5.91 Å². The van der Waals surface area contributed by atoms with Gasteiger partial charge in [0, 0.05) is 25.0 Å². The lowest BCUT2D eigenvalue weighted by molar-refractivity contribution is -0.136. The summed E-state index contributed by atoms with van der Waals surface area (Å²) in [6.07, 6.45) is 6.34. The number of rotatable bonds is 1. The maximum atomic E-state index is 12.5. The standard InChI is InChI=1S/C14H26N2O2/c1-14(18)6-3-8-16(9-7-14)13(17)11-4-2-5-12(15)10-11/h11-12,18H,2-10,15H2,1H3. The Morgan fingerprint density at radius 2 is 2.06 bits per heavy atom. The second kappa shape index (κ2) is 5.57. The van der Waals surface area contributed by atoms with Crippen molar-refractivity contribution in [2.75, 3.05) is 13.1 Å². The Bertz CT molecular complexity index is 304. The Kier molecular flexibility index (Phi) is 4.28. The number of nitrogens with zero attached hydrogens (tertiary/aromatic N) is 1. The molecule has 1 saturated carbocycles. The number of nitrogens with two attached hydrogens (primary N) is 1. The van der Waals surface area contributed by atoms with Crippen LogP contribution in [0, 0.1) is 5.92 Å². The van der Waals surface area contributed by atoms with Crippen LogP contribution in [0.5, 0.6) is 0 Å². The van der Waals surface area contributed by atoms with Crippen molar-refractivity contribution in [3.05, 3.63) is 0 Å². The Hall–Kier alpha value is -0.610. The van der Waals surface area contributed by atoms with Crippen molar-refractivity contribution in [3.63, 3.8) is 0 Å². The van der Waals surface area contributed by atoms with Crippen LogP contribution in [0.1, 0.15) is 51.9 Å². The minimum Gasteiger partial charge on any atom is -0.390 e. The van der Waals surface area contributed by atoms with Crippen molar-refractivity contribution in [3.8, 4) is 0 Å². The highest BCUT2D eigenvalue weighted by molar-refractivity contribution is 5.79. The number of aliphatic hydroxyl groups is 1. The summed E-state index contributed by atoms with van der Waals surface area (Å²) < 4.78 is 0. The fourth-order valence-electron chi connectivity index (χ4n) is 3.19. The average Bonchev–Trinajstić information content (AvgIpc) is 2.49. The maximum Gasteiger partial charge on any atom is 0.225 e. The zero-order valence-corrected chi connectivity index (χ0v) is 11.4. The van der Waals surface area contributed by atoms with Gasteiger partial charge < -0.3 is 15.7 Å². The van der Waals surface area contributed by atoms with Crippen LogP contribution < -0.4 is 5.73 Å². The van der Waals surface area contributed by atoms with Crippen LogP contribution in [0.2, 0.25) is 0 Å². The smallest absolute Gasteiger partial charge is 0.225 e. The van der Waals surface area contributed by atoms with Gasteiger partial charge in [0.25, 0.3) is 0 Å². The Morgan fingerprint density at radius 3 is 2.78 bits per heavy atom. The van der Waals surface area contributed by atoms with Crippen molar-refractivity contribution in [2.24, 2.45) is 11.7 Å². The summed E-state index contributed by atoms with van der Waals surface area (Å²) in [7, 11) is 0. The molecule has 104 valence electrons. The van der Waals surface area contributed by atoms with E-state index >= 15 is 0 Å². The molecular formula is C14H26N2O2. The molecule has 0 spiro atoms. The second-order valence-corrected chi connectivity index (χ2v) is 6.30. The molecule has 3 N–H and O–H groups in total. The van der Waals surface area contributed by atoms with E-state index in [0.29, 0.717) is 13.0 Å². The first kappa shape index (κ1) is 13.8. The molecule has 0 bridgehead atoms. The highest BCUT2D eigenvalue weighted by Gasteiger charge is 2.32. The van der Waals surface area contributed by atoms with E-state index in [2.05, 4.69) is 0 Å². The predicted octanol–water partition coefficient (Wildman–Crippen LogP) is 1.27. The molecule has 0 radical (unpaired) electrons. The van der Waals surface area contributed by atoms with Gasteiger partial charge in [-0.2, -0.15) is 0 Å². The van der Waals surface area contributed by atoms with Crippen LogP contribution in [-0.2, 0) is 4.79 Å². The van der Waals surface area contributed by atoms with E-state index in [9.17, 15) is 9.90 Å². The van der Waals surface area contributed by atoms with Gasteiger partial charge in [-0.05, 0) is 45.4 Å². The first-order valence-electron chi connectivity index (χ1n) is 7.25. The van der Waals surface area contributed by atoms with E-state index in [4.69, 9.17) is 5.73 Å². The Balaban J connectivity index is 1.92. The van der Waals surface area contributed by atoms with Crippen LogP contribution in [0.15, 0.2) is 0 Å². The van der Waals surface area contributed by atoms with Gasteiger partial charge in [0.1, 0.15) is 0 Å². The normalized spacial score (nSPS) is 38.3. The molecule has 1 amide bonds. The van der Waals surface area contributed by atoms with Crippen LogP contribution in [0.3, 0.4) is 0 Å². The third-order valence-electron chi connectivity index (χ3n) is 4.44. The summed E-state index contributed by atoms with van der Waals surface area (Å²) in [6.45, 7) is 3.36. The second-order valence-electron chi connectivity index (χ2n) is 6.30. The van der Waals surface area contributed by atoms with Gasteiger partial charge in [0.05, 0.1) is 5.60 Å². The van der Waals surface area contributed by atoms with E-state index in [-0.39, 0.29) is 17.9 Å². The number of hydrogen-bond donors (Lipinski definition) is 2. The number of amides is 1. The molecule has 0 aromatic carbocycles. The summed E-state index contributed by atoms with van der Waals surface area (Å²) in [4.78, 5) is 14.4. The van der Waals surface area contributed by atoms with E-state index in [0.717, 1.165) is 45.1 Å². The summed E-state index contributed by atoms with van der Waals surface area (Å²) in [5.74, 6) is 0.389. The summed E-state index contributed by atoms with van der Waals surface area (Å²) in [5, 5.41) is 10.0. The first-order chi connectivity index (χ1) is 8.48. The molecule has 1 aliphatic heterocycles. The molecule has 4 nitrogen and oxygen atoms in total. The summed E-state index contributed by atoms with van der Waals surface area (Å²) in [6, 6.07) is 0.197. The molecule has 1 aliphatic carbocycles.